The van der Waals surface area contributed by atoms with Crippen molar-refractivity contribution in [1.29, 1.82) is 0 Å². The summed E-state index contributed by atoms with van der Waals surface area (Å²) in [6.07, 6.45) is 2.57. The summed E-state index contributed by atoms with van der Waals surface area (Å²) < 4.78 is 5.20. The number of aliphatic hydroxyl groups excluding tert-OH is 1. The van der Waals surface area contributed by atoms with Gasteiger partial charge in [0.05, 0.1) is 12.2 Å². The van der Waals surface area contributed by atoms with Gasteiger partial charge in [0.25, 0.3) is 0 Å². The topological polar surface area (TPSA) is 29.5 Å². The number of rotatable bonds is 6. The fourth-order valence-corrected chi connectivity index (χ4v) is 1.39. The average Bonchev–Trinajstić information content (AvgIpc) is 1.98. The summed E-state index contributed by atoms with van der Waals surface area (Å²) in [4.78, 5) is 0. The van der Waals surface area contributed by atoms with Crippen LogP contribution in [-0.4, -0.2) is 24.4 Å². The van der Waals surface area contributed by atoms with Crippen LogP contribution in [0, 0.1) is 5.92 Å². The first kappa shape index (κ1) is 11.9. The molecule has 1 N–H and O–H groups in total. The molecule has 74 valence electrons. The zero-order valence-electron chi connectivity index (χ0n) is 8.71. The minimum atomic E-state index is -0.296. The van der Waals surface area contributed by atoms with Gasteiger partial charge in [-0.3, -0.25) is 0 Å². The van der Waals surface area contributed by atoms with Crippen LogP contribution in [0.2, 0.25) is 0 Å². The molecule has 0 saturated carbocycles. The molecule has 2 heteroatoms. The second kappa shape index (κ2) is 6.44. The van der Waals surface area contributed by atoms with Crippen molar-refractivity contribution in [3.05, 3.63) is 0 Å². The van der Waals surface area contributed by atoms with Crippen LogP contribution >= 0.6 is 0 Å². The lowest BCUT2D eigenvalue weighted by atomic mass is 9.99. The molecule has 0 fully saturated rings. The van der Waals surface area contributed by atoms with Crippen LogP contribution in [0.15, 0.2) is 0 Å². The van der Waals surface area contributed by atoms with Crippen molar-refractivity contribution in [1.82, 2.24) is 0 Å². The highest BCUT2D eigenvalue weighted by Gasteiger charge is 2.18. The molecule has 2 atom stereocenters. The standard InChI is InChI=1S/C10H22O2/c1-5-6-10(12-4)9(11)7-8(2)3/h8-11H,5-7H2,1-4H3. The molecular formula is C10H22O2. The number of hydrogen-bond acceptors (Lipinski definition) is 2. The maximum Gasteiger partial charge on any atom is 0.0830 e. The third kappa shape index (κ3) is 4.73. The molecule has 2 nitrogen and oxygen atoms in total. The van der Waals surface area contributed by atoms with E-state index in [2.05, 4.69) is 20.8 Å². The molecule has 0 saturated heterocycles. The van der Waals surface area contributed by atoms with E-state index in [9.17, 15) is 5.11 Å². The second-order valence-corrected chi connectivity index (χ2v) is 3.76. The molecule has 12 heavy (non-hydrogen) atoms. The molecule has 0 aliphatic rings. The molecular weight excluding hydrogens is 152 g/mol. The number of hydrogen-bond donors (Lipinski definition) is 1. The lowest BCUT2D eigenvalue weighted by Gasteiger charge is -2.22. The molecule has 0 aromatic heterocycles. The predicted molar refractivity (Wildman–Crippen MR) is 51.2 cm³/mol. The van der Waals surface area contributed by atoms with Crippen LogP contribution in [0.4, 0.5) is 0 Å². The minimum absolute atomic E-state index is 0.0254. The van der Waals surface area contributed by atoms with Crippen LogP contribution in [0.3, 0.4) is 0 Å². The molecule has 0 heterocycles. The van der Waals surface area contributed by atoms with Crippen molar-refractivity contribution in [2.45, 2.75) is 52.2 Å². The highest BCUT2D eigenvalue weighted by atomic mass is 16.5. The number of aliphatic hydroxyl groups is 1. The summed E-state index contributed by atoms with van der Waals surface area (Å²) in [5.74, 6) is 0.537. The lowest BCUT2D eigenvalue weighted by molar-refractivity contribution is -0.0254. The van der Waals surface area contributed by atoms with Gasteiger partial charge >= 0.3 is 0 Å². The zero-order valence-corrected chi connectivity index (χ0v) is 8.71. The average molecular weight is 174 g/mol. The van der Waals surface area contributed by atoms with Crippen LogP contribution in [-0.2, 0) is 4.74 Å². The molecule has 0 aromatic carbocycles. The van der Waals surface area contributed by atoms with Crippen LogP contribution < -0.4 is 0 Å². The monoisotopic (exact) mass is 174 g/mol. The largest absolute Gasteiger partial charge is 0.390 e. The van der Waals surface area contributed by atoms with Crippen LogP contribution in [0.1, 0.15) is 40.0 Å². The van der Waals surface area contributed by atoms with Gasteiger partial charge in [-0.15, -0.1) is 0 Å². The van der Waals surface area contributed by atoms with E-state index in [-0.39, 0.29) is 12.2 Å². The Labute approximate surface area is 75.9 Å². The first-order chi connectivity index (χ1) is 5.61. The van der Waals surface area contributed by atoms with E-state index in [4.69, 9.17) is 4.74 Å². The summed E-state index contributed by atoms with van der Waals surface area (Å²) in [5, 5.41) is 9.69. The molecule has 0 radical (unpaired) electrons. The highest BCUT2D eigenvalue weighted by Crippen LogP contribution is 2.13. The van der Waals surface area contributed by atoms with E-state index < -0.39 is 0 Å². The van der Waals surface area contributed by atoms with Crippen LogP contribution in [0.5, 0.6) is 0 Å². The van der Waals surface area contributed by atoms with Gasteiger partial charge in [0.15, 0.2) is 0 Å². The molecule has 0 spiro atoms. The Balaban J connectivity index is 3.76. The quantitative estimate of drug-likeness (QED) is 0.669. The summed E-state index contributed by atoms with van der Waals surface area (Å²) in [7, 11) is 1.67. The molecule has 0 aromatic rings. The van der Waals surface area contributed by atoms with Crippen molar-refractivity contribution >= 4 is 0 Å². The van der Waals surface area contributed by atoms with Gasteiger partial charge in [-0.1, -0.05) is 27.2 Å². The molecule has 2 unspecified atom stereocenters. The molecule has 0 bridgehead atoms. The van der Waals surface area contributed by atoms with Crippen molar-refractivity contribution < 1.29 is 9.84 Å². The fourth-order valence-electron chi connectivity index (χ4n) is 1.39. The predicted octanol–water partition coefficient (Wildman–Crippen LogP) is 2.21. The van der Waals surface area contributed by atoms with E-state index in [1.807, 2.05) is 0 Å². The minimum Gasteiger partial charge on any atom is -0.390 e. The lowest BCUT2D eigenvalue weighted by Crippen LogP contribution is -2.29. The normalized spacial score (nSPS) is 16.5. The Morgan fingerprint density at radius 1 is 1.33 bits per heavy atom. The molecule has 0 rings (SSSR count). The van der Waals surface area contributed by atoms with E-state index in [1.165, 1.54) is 0 Å². The van der Waals surface area contributed by atoms with Crippen LogP contribution in [0.25, 0.3) is 0 Å². The van der Waals surface area contributed by atoms with Crippen molar-refractivity contribution in [2.24, 2.45) is 5.92 Å². The Morgan fingerprint density at radius 3 is 2.25 bits per heavy atom. The zero-order chi connectivity index (χ0) is 9.56. The van der Waals surface area contributed by atoms with E-state index in [1.54, 1.807) is 7.11 Å². The Bertz CT molecular complexity index is 102. The summed E-state index contributed by atoms with van der Waals surface area (Å²) in [6, 6.07) is 0. The van der Waals surface area contributed by atoms with Crippen molar-refractivity contribution in [2.75, 3.05) is 7.11 Å². The van der Waals surface area contributed by atoms with E-state index in [0.717, 1.165) is 19.3 Å². The van der Waals surface area contributed by atoms with Gasteiger partial charge in [-0.25, -0.2) is 0 Å². The first-order valence-electron chi connectivity index (χ1n) is 4.82. The van der Waals surface area contributed by atoms with Gasteiger partial charge in [0.2, 0.25) is 0 Å². The highest BCUT2D eigenvalue weighted by molar-refractivity contribution is 4.69. The van der Waals surface area contributed by atoms with Gasteiger partial charge in [0, 0.05) is 7.11 Å². The molecule has 0 aliphatic heterocycles. The van der Waals surface area contributed by atoms with Crippen molar-refractivity contribution in [3.8, 4) is 0 Å². The Morgan fingerprint density at radius 2 is 1.92 bits per heavy atom. The fraction of sp³-hybridized carbons (Fsp3) is 1.00. The Kier molecular flexibility index (Phi) is 6.39. The summed E-state index contributed by atoms with van der Waals surface area (Å²) in [6.45, 7) is 6.33. The van der Waals surface area contributed by atoms with E-state index >= 15 is 0 Å². The molecule has 0 amide bonds. The third-order valence-electron chi connectivity index (χ3n) is 2.02. The second-order valence-electron chi connectivity index (χ2n) is 3.76. The van der Waals surface area contributed by atoms with Crippen molar-refractivity contribution in [3.63, 3.8) is 0 Å². The number of ether oxygens (including phenoxy) is 1. The Hall–Kier alpha value is -0.0800. The smallest absolute Gasteiger partial charge is 0.0830 e. The van der Waals surface area contributed by atoms with Gasteiger partial charge in [0.1, 0.15) is 0 Å². The van der Waals surface area contributed by atoms with Gasteiger partial charge < -0.3 is 9.84 Å². The van der Waals surface area contributed by atoms with E-state index in [0.29, 0.717) is 5.92 Å². The molecule has 0 aliphatic carbocycles. The maximum absolute atomic E-state index is 9.69. The summed E-state index contributed by atoms with van der Waals surface area (Å²) >= 11 is 0. The third-order valence-corrected chi connectivity index (χ3v) is 2.02. The summed E-state index contributed by atoms with van der Waals surface area (Å²) in [5.41, 5.74) is 0. The number of methoxy groups -OCH3 is 1. The van der Waals surface area contributed by atoms with Gasteiger partial charge in [-0.05, 0) is 18.8 Å². The maximum atomic E-state index is 9.69. The van der Waals surface area contributed by atoms with Gasteiger partial charge in [-0.2, -0.15) is 0 Å². The first-order valence-corrected chi connectivity index (χ1v) is 4.82. The SMILES string of the molecule is CCCC(OC)C(O)CC(C)C.